The van der Waals surface area contributed by atoms with Crippen LogP contribution in [0.25, 0.3) is 57.3 Å². The maximum atomic E-state index is 5.19. The van der Waals surface area contributed by atoms with Gasteiger partial charge in [0.15, 0.2) is 0 Å². The summed E-state index contributed by atoms with van der Waals surface area (Å²) in [5, 5.41) is 1.06. The van der Waals surface area contributed by atoms with Crippen LogP contribution in [0.4, 0.5) is 0 Å². The van der Waals surface area contributed by atoms with E-state index < -0.39 is 0 Å². The van der Waals surface area contributed by atoms with Crippen molar-refractivity contribution in [3.8, 4) is 5.75 Å². The molecule has 0 atom stereocenters. The molecule has 0 saturated carbocycles. The van der Waals surface area contributed by atoms with Crippen molar-refractivity contribution in [1.29, 1.82) is 0 Å². The number of ether oxygens (including phenoxy) is 1. The topological polar surface area (TPSA) is 79.5 Å². The summed E-state index contributed by atoms with van der Waals surface area (Å²) in [6.45, 7) is 0. The molecule has 7 heteroatoms. The molecule has 0 amide bonds. The summed E-state index contributed by atoms with van der Waals surface area (Å²) in [5.74, 6) is 0.876. The van der Waals surface area contributed by atoms with Crippen molar-refractivity contribution < 1.29 is 21.2 Å². The van der Waals surface area contributed by atoms with Gasteiger partial charge in [0.2, 0.25) is 0 Å². The first-order chi connectivity index (χ1) is 17.7. The molecule has 0 fully saturated rings. The Morgan fingerprint density at radius 3 is 1.70 bits per heavy atom. The number of hydrogen-bond donors (Lipinski definition) is 2. The molecule has 8 bridgehead atoms. The first-order valence-corrected chi connectivity index (χ1v) is 11.6. The molecule has 37 heavy (non-hydrogen) atoms. The Morgan fingerprint density at radius 2 is 1.14 bits per heavy atom. The van der Waals surface area contributed by atoms with Crippen LogP contribution in [0.2, 0.25) is 0 Å². The number of hydrogen-bond acceptors (Lipinski definition) is 4. The van der Waals surface area contributed by atoms with E-state index in [0.29, 0.717) is 0 Å². The zero-order chi connectivity index (χ0) is 24.3. The van der Waals surface area contributed by atoms with Gasteiger partial charge in [-0.15, -0.1) is 0 Å². The van der Waals surface area contributed by atoms with Gasteiger partial charge in [-0.2, -0.15) is 0 Å². The molecule has 0 saturated heterocycles. The van der Waals surface area contributed by atoms with Crippen LogP contribution < -0.4 is 4.74 Å². The summed E-state index contributed by atoms with van der Waals surface area (Å²) in [5.41, 5.74) is 8.83. The predicted octanol–water partition coefficient (Wildman–Crippen LogP) is 6.90. The number of methoxy groups -OCH3 is 1. The van der Waals surface area contributed by atoms with Crippen LogP contribution >= 0.6 is 0 Å². The van der Waals surface area contributed by atoms with E-state index in [1.165, 1.54) is 0 Å². The Hall–Kier alpha value is -4.48. The minimum atomic E-state index is 0. The van der Waals surface area contributed by atoms with Gasteiger partial charge >= 0.3 is 0 Å². The second kappa shape index (κ2) is 10.6. The third-order valence-corrected chi connectivity index (χ3v) is 5.87. The molecule has 184 valence electrons. The molecule has 1 aromatic carbocycles. The summed E-state index contributed by atoms with van der Waals surface area (Å²) in [6.07, 6.45) is 9.83. The van der Waals surface area contributed by atoms with Crippen LogP contribution in [0.5, 0.6) is 5.75 Å². The average Bonchev–Trinajstić information content (AvgIpc) is 3.70. The third-order valence-electron chi connectivity index (χ3n) is 5.87. The van der Waals surface area contributed by atoms with Gasteiger partial charge in [-0.25, -0.2) is 9.97 Å². The molecule has 0 aliphatic carbocycles. The predicted molar refractivity (Wildman–Crippen MR) is 147 cm³/mol. The maximum Gasteiger partial charge on any atom is 0.128 e. The van der Waals surface area contributed by atoms with E-state index in [2.05, 4.69) is 55.3 Å². The van der Waals surface area contributed by atoms with Crippen LogP contribution in [0.3, 0.4) is 0 Å². The normalized spacial score (nSPS) is 11.5. The fourth-order valence-electron chi connectivity index (χ4n) is 4.20. The van der Waals surface area contributed by atoms with E-state index in [9.17, 15) is 0 Å². The Bertz CT molecular complexity index is 1700. The molecule has 6 nitrogen and oxygen atoms in total. The molecule has 4 aromatic heterocycles. The number of H-pyrrole nitrogens is 2. The van der Waals surface area contributed by atoms with Gasteiger partial charge in [0.25, 0.3) is 0 Å². The molecule has 0 unspecified atom stereocenters. The van der Waals surface area contributed by atoms with E-state index in [4.69, 9.17) is 4.74 Å². The van der Waals surface area contributed by atoms with E-state index in [1.54, 1.807) is 13.3 Å². The largest absolute Gasteiger partial charge is 0.496 e. The maximum absolute atomic E-state index is 5.19. The zero-order valence-corrected chi connectivity index (χ0v) is 20.9. The second-order valence-corrected chi connectivity index (χ2v) is 8.44. The van der Waals surface area contributed by atoms with Crippen LogP contribution in [-0.2, 0) is 16.5 Å². The Balaban J connectivity index is 0.000000183. The number of pyridine rings is 1. The second-order valence-electron chi connectivity index (χ2n) is 8.44. The molecule has 6 heterocycles. The molecule has 0 spiro atoms. The Kier molecular flexibility index (Phi) is 6.97. The molecular formula is C30H23N5NiO. The summed E-state index contributed by atoms with van der Waals surface area (Å²) >= 11 is 0. The summed E-state index contributed by atoms with van der Waals surface area (Å²) in [4.78, 5) is 20.2. The molecular weight excluding hydrogens is 505 g/mol. The van der Waals surface area contributed by atoms with Crippen LogP contribution in [-0.4, -0.2) is 32.0 Å². The third kappa shape index (κ3) is 5.52. The number of benzene rings is 1. The van der Waals surface area contributed by atoms with E-state index in [-0.39, 0.29) is 16.5 Å². The molecule has 7 rings (SSSR count). The number of nitrogens with one attached hydrogen (secondary N) is 2. The fraction of sp³-hybridized carbons (Fsp3) is 0.0333. The van der Waals surface area contributed by atoms with Crippen molar-refractivity contribution in [2.45, 2.75) is 0 Å². The fourth-order valence-corrected chi connectivity index (χ4v) is 4.20. The monoisotopic (exact) mass is 527 g/mol. The zero-order valence-electron chi connectivity index (χ0n) is 20.0. The minimum Gasteiger partial charge on any atom is -0.496 e. The van der Waals surface area contributed by atoms with Gasteiger partial charge in [-0.1, -0.05) is 6.07 Å². The standard InChI is InChI=1S/C20H14N4.C10H9NO.Ni/c1-2-14-10-16-5-6-18(23-16)12-20-8-7-19(24-20)11-17-4-3-15(22-17)9-13(1)21-14;1-12-10-6-2-5-9-8(10)4-3-7-11-9;/h1-12,21-22H;2-7H,1H3;. The van der Waals surface area contributed by atoms with Crippen molar-refractivity contribution in [2.75, 3.05) is 7.11 Å². The summed E-state index contributed by atoms with van der Waals surface area (Å²) in [7, 11) is 1.67. The summed E-state index contributed by atoms with van der Waals surface area (Å²) in [6, 6.07) is 26.2. The smallest absolute Gasteiger partial charge is 0.128 e. The van der Waals surface area contributed by atoms with Crippen molar-refractivity contribution in [3.05, 3.63) is 108 Å². The van der Waals surface area contributed by atoms with Crippen molar-refractivity contribution >= 4 is 57.3 Å². The Labute approximate surface area is 223 Å². The van der Waals surface area contributed by atoms with E-state index in [0.717, 1.165) is 61.5 Å². The van der Waals surface area contributed by atoms with Gasteiger partial charge in [-0.3, -0.25) is 4.98 Å². The minimum absolute atomic E-state index is 0. The molecule has 2 aliphatic rings. The quantitative estimate of drug-likeness (QED) is 0.228. The van der Waals surface area contributed by atoms with E-state index >= 15 is 0 Å². The first-order valence-electron chi connectivity index (χ1n) is 11.6. The van der Waals surface area contributed by atoms with Gasteiger partial charge in [0.1, 0.15) is 5.75 Å². The molecule has 5 aromatic rings. The van der Waals surface area contributed by atoms with Crippen molar-refractivity contribution in [1.82, 2.24) is 24.9 Å². The van der Waals surface area contributed by atoms with Gasteiger partial charge in [-0.05, 0) is 97.1 Å². The number of aromatic amines is 2. The summed E-state index contributed by atoms with van der Waals surface area (Å²) < 4.78 is 5.19. The average molecular weight is 528 g/mol. The van der Waals surface area contributed by atoms with Crippen LogP contribution in [0.1, 0.15) is 22.8 Å². The molecule has 2 aliphatic heterocycles. The van der Waals surface area contributed by atoms with Crippen LogP contribution in [0, 0.1) is 0 Å². The number of aromatic nitrogens is 5. The number of nitrogens with zero attached hydrogens (tertiary/aromatic N) is 3. The van der Waals surface area contributed by atoms with Gasteiger partial charge < -0.3 is 14.7 Å². The van der Waals surface area contributed by atoms with E-state index in [1.807, 2.05) is 72.8 Å². The van der Waals surface area contributed by atoms with Crippen molar-refractivity contribution in [2.24, 2.45) is 0 Å². The number of rotatable bonds is 1. The number of fused-ring (bicyclic) bond motifs is 9. The van der Waals surface area contributed by atoms with Gasteiger partial charge in [0, 0.05) is 50.1 Å². The van der Waals surface area contributed by atoms with Crippen LogP contribution in [0.15, 0.2) is 85.1 Å². The molecule has 2 N–H and O–H groups in total. The first kappa shape index (κ1) is 24.2. The SMILES string of the molecule is C1=Cc2cc3ccc(cc4ccc(cc5nc(cc1n2)C=C5)[nH]4)[nH]3.COc1cccc2ncccc12.[Ni]. The Morgan fingerprint density at radius 1 is 0.595 bits per heavy atom. The molecule has 0 radical (unpaired) electrons. The van der Waals surface area contributed by atoms with Crippen molar-refractivity contribution in [3.63, 3.8) is 0 Å². The van der Waals surface area contributed by atoms with Gasteiger partial charge in [0.05, 0.1) is 35.4 Å².